The number of halogens is 1. The molecule has 5 N–H and O–H groups in total. The van der Waals surface area contributed by atoms with Crippen molar-refractivity contribution in [2.45, 2.75) is 19.4 Å². The molecule has 0 atom stereocenters. The zero-order chi connectivity index (χ0) is 29.9. The molecule has 0 radical (unpaired) electrons. The lowest BCUT2D eigenvalue weighted by Crippen LogP contribution is -2.41. The Bertz CT molecular complexity index is 1620. The van der Waals surface area contributed by atoms with Gasteiger partial charge in [-0.05, 0) is 47.9 Å². The van der Waals surface area contributed by atoms with Gasteiger partial charge in [0.2, 0.25) is 11.9 Å². The molecule has 1 fully saturated rings. The molecule has 0 bridgehead atoms. The number of nitrogens with zero attached hydrogens (tertiary/aromatic N) is 4. The van der Waals surface area contributed by atoms with Crippen molar-refractivity contribution in [3.63, 3.8) is 0 Å². The molecular formula is C30H33FN8O4. The number of nitrogens with two attached hydrogens (primary N) is 1. The smallest absolute Gasteiger partial charge is 0.253 e. The van der Waals surface area contributed by atoms with Crippen molar-refractivity contribution in [2.24, 2.45) is 5.73 Å². The second-order valence-corrected chi connectivity index (χ2v) is 10.5. The highest BCUT2D eigenvalue weighted by Crippen LogP contribution is 2.36. The number of aromatic nitrogens is 3. The molecule has 0 aromatic heterocycles. The number of carbonyl (C=O) groups is 2. The number of ether oxygens (including phenoxy) is 2. The van der Waals surface area contributed by atoms with E-state index < -0.39 is 11.7 Å². The van der Waals surface area contributed by atoms with E-state index >= 15 is 0 Å². The molecule has 4 aliphatic rings. The standard InChI is InChI=1S/C30H33FN8O4/c1-42-24-16-18-6-10-39(25(40)7-9-38-11-13-43-14-12-38)17-19(18)15-23(24)35-30-36-28-20(5-8-33-28)29(37-30)34-22-4-2-3-21(31)26(22)27(32)41/h2-5,8,15-16H,6-7,9-14,17H2,1H3,(H2,32,41)(H3,33,34,35,36,37). The number of hydrogen-bond acceptors (Lipinski definition) is 9. The molecule has 4 heterocycles. The molecule has 1 saturated heterocycles. The first-order valence-electron chi connectivity index (χ1n) is 14.1. The van der Waals surface area contributed by atoms with Crippen LogP contribution in [0.3, 0.4) is 0 Å². The highest BCUT2D eigenvalue weighted by atomic mass is 19.1. The minimum absolute atomic E-state index is 0.133. The second-order valence-electron chi connectivity index (χ2n) is 10.5. The summed E-state index contributed by atoms with van der Waals surface area (Å²) in [6, 6.07) is 9.91. The lowest BCUT2D eigenvalue weighted by molar-refractivity contribution is -0.132. The molecule has 2 amide bonds. The first kappa shape index (κ1) is 28.4. The molecule has 4 aliphatic heterocycles. The fourth-order valence-corrected chi connectivity index (χ4v) is 5.53. The van der Waals surface area contributed by atoms with Gasteiger partial charge in [0.15, 0.2) is 0 Å². The summed E-state index contributed by atoms with van der Waals surface area (Å²) in [5, 5.41) is 6.33. The summed E-state index contributed by atoms with van der Waals surface area (Å²) in [5.74, 6) is 0.314. The highest BCUT2D eigenvalue weighted by Gasteiger charge is 2.24. The Morgan fingerprint density at radius 3 is 2.74 bits per heavy atom. The van der Waals surface area contributed by atoms with Gasteiger partial charge in [-0.3, -0.25) is 14.5 Å². The van der Waals surface area contributed by atoms with Gasteiger partial charge < -0.3 is 35.7 Å². The molecule has 0 aliphatic carbocycles. The van der Waals surface area contributed by atoms with Crippen molar-refractivity contribution in [3.05, 3.63) is 65.1 Å². The number of benzene rings is 2. The van der Waals surface area contributed by atoms with Crippen LogP contribution in [0.2, 0.25) is 0 Å². The molecule has 0 spiro atoms. The Morgan fingerprint density at radius 1 is 1.12 bits per heavy atom. The van der Waals surface area contributed by atoms with Gasteiger partial charge in [-0.15, -0.1) is 0 Å². The molecule has 13 heteroatoms. The summed E-state index contributed by atoms with van der Waals surface area (Å²) < 4.78 is 25.5. The molecule has 12 nitrogen and oxygen atoms in total. The molecule has 0 saturated carbocycles. The third-order valence-corrected chi connectivity index (χ3v) is 7.81. The number of rotatable bonds is 9. The lowest BCUT2D eigenvalue weighted by Gasteiger charge is -2.31. The molecular weight excluding hydrogens is 555 g/mol. The number of primary amides is 1. The van der Waals surface area contributed by atoms with E-state index in [4.69, 9.17) is 15.2 Å². The normalized spacial score (nSPS) is 15.3. The van der Waals surface area contributed by atoms with Crippen LogP contribution in [-0.4, -0.2) is 83.1 Å². The quantitative estimate of drug-likeness (QED) is 0.231. The average Bonchev–Trinajstić information content (AvgIpc) is 3.49. The predicted octanol–water partition coefficient (Wildman–Crippen LogP) is 3.25. The van der Waals surface area contributed by atoms with Crippen LogP contribution in [0.4, 0.5) is 27.5 Å². The minimum Gasteiger partial charge on any atom is -0.495 e. The van der Waals surface area contributed by atoms with E-state index in [-0.39, 0.29) is 17.2 Å². The number of morpholine rings is 1. The maximum atomic E-state index is 14.4. The van der Waals surface area contributed by atoms with E-state index in [0.717, 1.165) is 37.2 Å². The zero-order valence-corrected chi connectivity index (χ0v) is 23.8. The molecule has 224 valence electrons. The lowest BCUT2D eigenvalue weighted by atomic mass is 9.98. The number of amides is 2. The summed E-state index contributed by atoms with van der Waals surface area (Å²) in [4.78, 5) is 41.4. The van der Waals surface area contributed by atoms with E-state index in [9.17, 15) is 14.0 Å². The average molecular weight is 589 g/mol. The first-order valence-corrected chi connectivity index (χ1v) is 14.1. The fraction of sp³-hybridized carbons (Fsp3) is 0.333. The topological polar surface area (TPSA) is 151 Å². The Balaban J connectivity index is 1.24. The number of anilines is 4. The van der Waals surface area contributed by atoms with E-state index in [2.05, 4.69) is 30.5 Å². The van der Waals surface area contributed by atoms with Crippen LogP contribution in [0.5, 0.6) is 5.75 Å². The van der Waals surface area contributed by atoms with Gasteiger partial charge in [-0.25, -0.2) is 9.37 Å². The summed E-state index contributed by atoms with van der Waals surface area (Å²) >= 11 is 0. The first-order chi connectivity index (χ1) is 20.9. The number of nitrogens with one attached hydrogen (secondary N) is 3. The van der Waals surface area contributed by atoms with Gasteiger partial charge in [0.1, 0.15) is 23.2 Å². The molecule has 2 aromatic rings. The summed E-state index contributed by atoms with van der Waals surface area (Å²) in [7, 11) is 1.60. The SMILES string of the molecule is COc1cc2c(cc1Nc1nc(Nc3cccc(F)c3C(N)=O)c3ccnc-3[nH]1)CN(C(=O)CCN1CCOCC1)CC2. The van der Waals surface area contributed by atoms with Crippen molar-refractivity contribution in [1.29, 1.82) is 0 Å². The summed E-state index contributed by atoms with van der Waals surface area (Å²) in [6.07, 6.45) is 2.82. The van der Waals surface area contributed by atoms with Gasteiger partial charge in [0.25, 0.3) is 5.91 Å². The maximum Gasteiger partial charge on any atom is 0.253 e. The number of methoxy groups -OCH3 is 1. The third-order valence-electron chi connectivity index (χ3n) is 7.81. The molecule has 43 heavy (non-hydrogen) atoms. The van der Waals surface area contributed by atoms with Crippen LogP contribution >= 0.6 is 0 Å². The van der Waals surface area contributed by atoms with Crippen molar-refractivity contribution in [2.75, 3.05) is 57.1 Å². The maximum absolute atomic E-state index is 14.4. The van der Waals surface area contributed by atoms with E-state index in [1.807, 2.05) is 17.0 Å². The van der Waals surface area contributed by atoms with E-state index in [1.165, 1.54) is 12.1 Å². The van der Waals surface area contributed by atoms with Gasteiger partial charge in [0, 0.05) is 45.3 Å². The van der Waals surface area contributed by atoms with Crippen LogP contribution in [0.1, 0.15) is 27.9 Å². The Hall–Kier alpha value is -4.75. The number of fused-ring (bicyclic) bond motifs is 2. The number of hydrogen-bond donors (Lipinski definition) is 4. The van der Waals surface area contributed by atoms with E-state index in [0.29, 0.717) is 67.3 Å². The second kappa shape index (κ2) is 12.2. The van der Waals surface area contributed by atoms with Crippen LogP contribution in [0.25, 0.3) is 11.4 Å². The van der Waals surface area contributed by atoms with Crippen LogP contribution < -0.4 is 21.1 Å². The largest absolute Gasteiger partial charge is 0.495 e. The predicted molar refractivity (Wildman–Crippen MR) is 158 cm³/mol. The van der Waals surface area contributed by atoms with Crippen molar-refractivity contribution in [3.8, 4) is 17.1 Å². The third kappa shape index (κ3) is 6.08. The van der Waals surface area contributed by atoms with Crippen molar-refractivity contribution < 1.29 is 23.5 Å². The highest BCUT2D eigenvalue weighted by molar-refractivity contribution is 6.00. The fourth-order valence-electron chi connectivity index (χ4n) is 5.53. The Morgan fingerprint density at radius 2 is 1.95 bits per heavy atom. The number of H-pyrrole nitrogens is 1. The van der Waals surface area contributed by atoms with Crippen molar-refractivity contribution in [1.82, 2.24) is 24.8 Å². The number of aromatic amines is 1. The Labute approximate surface area is 247 Å². The molecule has 2 aromatic carbocycles. The van der Waals surface area contributed by atoms with Gasteiger partial charge in [-0.1, -0.05) is 6.07 Å². The van der Waals surface area contributed by atoms with Gasteiger partial charge >= 0.3 is 0 Å². The Kier molecular flexibility index (Phi) is 8.07. The zero-order valence-electron chi connectivity index (χ0n) is 23.8. The monoisotopic (exact) mass is 588 g/mol. The molecule has 6 rings (SSSR count). The van der Waals surface area contributed by atoms with Crippen LogP contribution in [0.15, 0.2) is 42.6 Å². The van der Waals surface area contributed by atoms with Crippen LogP contribution in [0, 0.1) is 5.82 Å². The summed E-state index contributed by atoms with van der Waals surface area (Å²) in [6.45, 7) is 5.01. The molecule has 0 unspecified atom stereocenters. The van der Waals surface area contributed by atoms with Crippen molar-refractivity contribution >= 4 is 35.0 Å². The van der Waals surface area contributed by atoms with Gasteiger partial charge in [-0.2, -0.15) is 4.98 Å². The van der Waals surface area contributed by atoms with E-state index in [1.54, 1.807) is 25.4 Å². The van der Waals surface area contributed by atoms with Crippen LogP contribution in [-0.2, 0) is 22.5 Å². The van der Waals surface area contributed by atoms with Gasteiger partial charge in [0.05, 0.1) is 42.8 Å². The number of carbonyl (C=O) groups excluding carboxylic acids is 2. The minimum atomic E-state index is -0.897. The summed E-state index contributed by atoms with van der Waals surface area (Å²) in [5.41, 5.74) is 8.79.